The molecule has 1 aliphatic heterocycles. The van der Waals surface area contributed by atoms with Gasteiger partial charge in [0.05, 0.1) is 29.3 Å². The SMILES string of the molecule is O=C(c1sc2c(ccc(=O)n2-c2ccccc2)c1Nc1ccc(F)cc1F)N1C[C@@H](O)[C@@H](O)C1. The second kappa shape index (κ2) is 8.64. The van der Waals surface area contributed by atoms with Crippen molar-refractivity contribution in [2.24, 2.45) is 0 Å². The fourth-order valence-electron chi connectivity index (χ4n) is 3.98. The van der Waals surface area contributed by atoms with Crippen LogP contribution in [0.4, 0.5) is 20.2 Å². The predicted molar refractivity (Wildman–Crippen MR) is 125 cm³/mol. The highest BCUT2D eigenvalue weighted by Crippen LogP contribution is 2.39. The number of hydrogen-bond acceptors (Lipinski definition) is 6. The molecule has 5 rings (SSSR count). The molecule has 2 atom stereocenters. The lowest BCUT2D eigenvalue weighted by molar-refractivity contribution is 0.0572. The molecule has 4 aromatic rings. The molecule has 0 radical (unpaired) electrons. The summed E-state index contributed by atoms with van der Waals surface area (Å²) in [5.41, 5.74) is 0.473. The maximum absolute atomic E-state index is 14.5. The number of nitrogens with one attached hydrogen (secondary N) is 1. The quantitative estimate of drug-likeness (QED) is 0.414. The number of aromatic nitrogens is 1. The topological polar surface area (TPSA) is 94.8 Å². The molecule has 1 saturated heterocycles. The van der Waals surface area contributed by atoms with E-state index in [4.69, 9.17) is 0 Å². The number of anilines is 2. The molecule has 0 aliphatic carbocycles. The zero-order valence-corrected chi connectivity index (χ0v) is 18.4. The molecule has 3 N–H and O–H groups in total. The Kier molecular flexibility index (Phi) is 5.64. The zero-order valence-electron chi connectivity index (χ0n) is 17.6. The number of aliphatic hydroxyl groups is 2. The monoisotopic (exact) mass is 483 g/mol. The Bertz CT molecular complexity index is 1440. The number of halogens is 2. The van der Waals surface area contributed by atoms with E-state index < -0.39 is 29.7 Å². The van der Waals surface area contributed by atoms with Gasteiger partial charge in [0.1, 0.15) is 21.3 Å². The second-order valence-electron chi connectivity index (χ2n) is 7.96. The lowest BCUT2D eigenvalue weighted by Gasteiger charge is -2.16. The first-order valence-electron chi connectivity index (χ1n) is 10.4. The highest BCUT2D eigenvalue weighted by atomic mass is 32.1. The van der Waals surface area contributed by atoms with E-state index in [1.165, 1.54) is 21.6 Å². The minimum Gasteiger partial charge on any atom is -0.388 e. The van der Waals surface area contributed by atoms with E-state index in [2.05, 4.69) is 5.32 Å². The van der Waals surface area contributed by atoms with Crippen molar-refractivity contribution >= 4 is 38.8 Å². The molecule has 7 nitrogen and oxygen atoms in total. The van der Waals surface area contributed by atoms with Crippen LogP contribution in [-0.4, -0.2) is 50.9 Å². The van der Waals surface area contributed by atoms with E-state index in [9.17, 15) is 28.6 Å². The molecular weight excluding hydrogens is 464 g/mol. The van der Waals surface area contributed by atoms with Crippen LogP contribution in [0.5, 0.6) is 0 Å². The highest BCUT2D eigenvalue weighted by Gasteiger charge is 2.35. The molecule has 0 unspecified atom stereocenters. The largest absolute Gasteiger partial charge is 0.388 e. The summed E-state index contributed by atoms with van der Waals surface area (Å²) < 4.78 is 29.4. The molecule has 34 heavy (non-hydrogen) atoms. The number of fused-ring (bicyclic) bond motifs is 1. The van der Waals surface area contributed by atoms with Gasteiger partial charge in [-0.25, -0.2) is 8.78 Å². The number of β-amino-alcohol motifs (C(OH)–C–C–N with tert-alkyl or cyclic N) is 2. The van der Waals surface area contributed by atoms with Crippen LogP contribution in [0, 0.1) is 11.6 Å². The van der Waals surface area contributed by atoms with Gasteiger partial charge < -0.3 is 20.4 Å². The molecule has 0 saturated carbocycles. The molecule has 1 amide bonds. The zero-order chi connectivity index (χ0) is 24.0. The summed E-state index contributed by atoms with van der Waals surface area (Å²) in [7, 11) is 0. The smallest absolute Gasteiger partial charge is 0.266 e. The van der Waals surface area contributed by atoms with Crippen molar-refractivity contribution in [3.8, 4) is 5.69 Å². The summed E-state index contributed by atoms with van der Waals surface area (Å²) in [5.74, 6) is -2.08. The van der Waals surface area contributed by atoms with Crippen molar-refractivity contribution in [3.63, 3.8) is 0 Å². The van der Waals surface area contributed by atoms with Gasteiger partial charge in [0, 0.05) is 30.6 Å². The first-order valence-corrected chi connectivity index (χ1v) is 11.3. The Balaban J connectivity index is 1.71. The van der Waals surface area contributed by atoms with Crippen LogP contribution in [0.2, 0.25) is 0 Å². The first-order chi connectivity index (χ1) is 16.3. The number of hydrogen-bond donors (Lipinski definition) is 3. The van der Waals surface area contributed by atoms with Gasteiger partial charge in [-0.3, -0.25) is 14.2 Å². The molecule has 0 bridgehead atoms. The maximum Gasteiger partial charge on any atom is 0.266 e. The lowest BCUT2D eigenvalue weighted by Crippen LogP contribution is -2.29. The van der Waals surface area contributed by atoms with E-state index in [1.54, 1.807) is 30.3 Å². The van der Waals surface area contributed by atoms with Gasteiger partial charge in [-0.15, -0.1) is 11.3 Å². The van der Waals surface area contributed by atoms with Crippen LogP contribution < -0.4 is 10.9 Å². The molecular formula is C24H19F2N3O4S. The average molecular weight is 483 g/mol. The van der Waals surface area contributed by atoms with Gasteiger partial charge in [-0.05, 0) is 30.3 Å². The Hall–Kier alpha value is -3.60. The fourth-order valence-corrected chi connectivity index (χ4v) is 5.22. The van der Waals surface area contributed by atoms with Crippen molar-refractivity contribution in [2.75, 3.05) is 18.4 Å². The normalized spacial score (nSPS) is 17.9. The number of pyridine rings is 1. The number of benzene rings is 2. The van der Waals surface area contributed by atoms with Gasteiger partial charge in [-0.2, -0.15) is 0 Å². The number of para-hydroxylation sites is 1. The summed E-state index contributed by atoms with van der Waals surface area (Å²) in [4.78, 5) is 28.1. The van der Waals surface area contributed by atoms with Gasteiger partial charge in [0.2, 0.25) is 0 Å². The third-order valence-corrected chi connectivity index (χ3v) is 6.87. The van der Waals surface area contributed by atoms with Crippen LogP contribution in [0.1, 0.15) is 9.67 Å². The molecule has 3 heterocycles. The van der Waals surface area contributed by atoms with Crippen LogP contribution >= 0.6 is 11.3 Å². The van der Waals surface area contributed by atoms with Crippen LogP contribution in [0.15, 0.2) is 65.5 Å². The molecule has 2 aromatic heterocycles. The molecule has 1 fully saturated rings. The highest BCUT2D eigenvalue weighted by molar-refractivity contribution is 7.21. The Labute approximate surface area is 196 Å². The molecule has 174 valence electrons. The van der Waals surface area contributed by atoms with E-state index in [-0.39, 0.29) is 34.9 Å². The van der Waals surface area contributed by atoms with Crippen molar-refractivity contribution < 1.29 is 23.8 Å². The number of amides is 1. The maximum atomic E-state index is 14.5. The van der Waals surface area contributed by atoms with Gasteiger partial charge in [0.25, 0.3) is 11.5 Å². The predicted octanol–water partition coefficient (Wildman–Crippen LogP) is 3.25. The van der Waals surface area contributed by atoms with Crippen molar-refractivity contribution in [2.45, 2.75) is 12.2 Å². The van der Waals surface area contributed by atoms with E-state index >= 15 is 0 Å². The summed E-state index contributed by atoms with van der Waals surface area (Å²) in [5, 5.41) is 23.2. The number of thiophene rings is 1. The Morgan fingerprint density at radius 1 is 1.00 bits per heavy atom. The number of likely N-dealkylation sites (tertiary alicyclic amines) is 1. The number of nitrogens with zero attached hydrogens (tertiary/aromatic N) is 2. The van der Waals surface area contributed by atoms with E-state index in [0.717, 1.165) is 23.5 Å². The number of carbonyl (C=O) groups excluding carboxylic acids is 1. The standard InChI is InChI=1S/C24H19F2N3O4S/c25-13-6-8-17(16(26)10-13)27-21-15-7-9-20(32)29(14-4-2-1-3-5-14)24(15)34-22(21)23(33)28-11-18(30)19(31)12-28/h1-10,18-19,27,30-31H,11-12H2/t18-,19+. The summed E-state index contributed by atoms with van der Waals surface area (Å²) in [6.07, 6.45) is -2.15. The molecule has 10 heteroatoms. The van der Waals surface area contributed by atoms with Crippen molar-refractivity contribution in [3.05, 3.63) is 87.5 Å². The molecule has 0 spiro atoms. The van der Waals surface area contributed by atoms with Crippen LogP contribution in [0.25, 0.3) is 15.9 Å². The van der Waals surface area contributed by atoms with Crippen molar-refractivity contribution in [1.82, 2.24) is 9.47 Å². The van der Waals surface area contributed by atoms with E-state index in [0.29, 0.717) is 15.9 Å². The minimum atomic E-state index is -1.08. The Morgan fingerprint density at radius 3 is 2.38 bits per heavy atom. The summed E-state index contributed by atoms with van der Waals surface area (Å²) in [6.45, 7) is -0.131. The minimum absolute atomic E-state index is 0.0471. The fraction of sp³-hybridized carbons (Fsp3) is 0.167. The number of rotatable bonds is 4. The van der Waals surface area contributed by atoms with Crippen LogP contribution in [0.3, 0.4) is 0 Å². The summed E-state index contributed by atoms with van der Waals surface area (Å²) in [6, 6.07) is 14.8. The second-order valence-corrected chi connectivity index (χ2v) is 8.96. The van der Waals surface area contributed by atoms with Gasteiger partial charge in [0.15, 0.2) is 0 Å². The van der Waals surface area contributed by atoms with E-state index in [1.807, 2.05) is 6.07 Å². The third-order valence-electron chi connectivity index (χ3n) is 5.69. The number of carbonyl (C=O) groups is 1. The van der Waals surface area contributed by atoms with Crippen LogP contribution in [-0.2, 0) is 0 Å². The van der Waals surface area contributed by atoms with Gasteiger partial charge >= 0.3 is 0 Å². The Morgan fingerprint density at radius 2 is 1.71 bits per heavy atom. The van der Waals surface area contributed by atoms with Crippen molar-refractivity contribution in [1.29, 1.82) is 0 Å². The number of aliphatic hydroxyl groups excluding tert-OH is 2. The summed E-state index contributed by atoms with van der Waals surface area (Å²) >= 11 is 1.03. The average Bonchev–Trinajstić information content (AvgIpc) is 3.35. The molecule has 1 aliphatic rings. The van der Waals surface area contributed by atoms with Gasteiger partial charge in [-0.1, -0.05) is 18.2 Å². The lowest BCUT2D eigenvalue weighted by atomic mass is 10.2. The molecule has 2 aromatic carbocycles. The first kappa shape index (κ1) is 22.2. The third kappa shape index (κ3) is 3.85.